The van der Waals surface area contributed by atoms with Crippen LogP contribution in [0.1, 0.15) is 30.0 Å². The lowest BCUT2D eigenvalue weighted by Gasteiger charge is -2.44. The molecule has 2 N–H and O–H groups in total. The molecule has 23 heavy (non-hydrogen) atoms. The molecule has 0 aromatic heterocycles. The summed E-state index contributed by atoms with van der Waals surface area (Å²) in [4.78, 5) is 15.0. The Bertz CT molecular complexity index is 561. The van der Waals surface area contributed by atoms with E-state index in [4.69, 9.17) is 10.5 Å². The first-order valence-electron chi connectivity index (χ1n) is 7.98. The van der Waals surface area contributed by atoms with E-state index in [1.165, 1.54) is 5.56 Å². The Kier molecular flexibility index (Phi) is 5.95. The van der Waals surface area contributed by atoms with E-state index < -0.39 is 0 Å². The van der Waals surface area contributed by atoms with E-state index in [0.29, 0.717) is 5.92 Å². The Morgan fingerprint density at radius 3 is 2.48 bits per heavy atom. The minimum atomic E-state index is -0.213. The van der Waals surface area contributed by atoms with Crippen molar-refractivity contribution in [3.05, 3.63) is 35.4 Å². The van der Waals surface area contributed by atoms with Crippen molar-refractivity contribution in [3.8, 4) is 0 Å². The van der Waals surface area contributed by atoms with Crippen LogP contribution in [0, 0.1) is 11.8 Å². The highest BCUT2D eigenvalue weighted by molar-refractivity contribution is 5.85. The zero-order chi connectivity index (χ0) is 14.4. The number of carbonyl (C=O) groups is 1. The highest BCUT2D eigenvalue weighted by Crippen LogP contribution is 2.36. The molecule has 1 aliphatic carbocycles. The van der Waals surface area contributed by atoms with E-state index in [0.717, 1.165) is 44.5 Å². The SMILES string of the molecule is Cl.Cl.N[C@H]1c2ccccc2CC1C(=O)OC1CN2CCC1CC2. The molecular formula is C17H24Cl2N2O2. The average Bonchev–Trinajstić information content (AvgIpc) is 2.86. The number of nitrogens with zero attached hydrogens (tertiary/aromatic N) is 1. The predicted octanol–water partition coefficient (Wildman–Crippen LogP) is 2.34. The molecule has 3 aliphatic heterocycles. The van der Waals surface area contributed by atoms with Crippen LogP contribution in [0.4, 0.5) is 0 Å². The van der Waals surface area contributed by atoms with Gasteiger partial charge in [-0.15, -0.1) is 24.8 Å². The van der Waals surface area contributed by atoms with Gasteiger partial charge < -0.3 is 10.5 Å². The predicted molar refractivity (Wildman–Crippen MR) is 94.1 cm³/mol. The van der Waals surface area contributed by atoms with E-state index in [1.807, 2.05) is 18.2 Å². The molecule has 4 aliphatic rings. The number of hydrogen-bond donors (Lipinski definition) is 1. The van der Waals surface area contributed by atoms with E-state index in [9.17, 15) is 4.79 Å². The number of piperidine rings is 3. The second kappa shape index (κ2) is 7.39. The number of halogens is 2. The quantitative estimate of drug-likeness (QED) is 0.824. The van der Waals surface area contributed by atoms with Crippen molar-refractivity contribution in [2.75, 3.05) is 19.6 Å². The molecule has 3 fully saturated rings. The maximum Gasteiger partial charge on any atom is 0.311 e. The van der Waals surface area contributed by atoms with Gasteiger partial charge in [-0.05, 0) is 49.4 Å². The van der Waals surface area contributed by atoms with Gasteiger partial charge in [-0.2, -0.15) is 0 Å². The summed E-state index contributed by atoms with van der Waals surface area (Å²) < 4.78 is 5.85. The van der Waals surface area contributed by atoms with Crippen molar-refractivity contribution in [2.45, 2.75) is 31.4 Å². The highest BCUT2D eigenvalue weighted by atomic mass is 35.5. The van der Waals surface area contributed by atoms with E-state index in [1.54, 1.807) is 0 Å². The molecule has 2 bridgehead atoms. The average molecular weight is 359 g/mol. The lowest BCUT2D eigenvalue weighted by molar-refractivity contribution is -0.164. The van der Waals surface area contributed by atoms with Gasteiger partial charge in [0.25, 0.3) is 0 Å². The summed E-state index contributed by atoms with van der Waals surface area (Å²) in [5.41, 5.74) is 8.56. The molecule has 4 nitrogen and oxygen atoms in total. The van der Waals surface area contributed by atoms with Gasteiger partial charge in [-0.3, -0.25) is 9.69 Å². The van der Waals surface area contributed by atoms with Crippen molar-refractivity contribution < 1.29 is 9.53 Å². The van der Waals surface area contributed by atoms with Gasteiger partial charge in [0, 0.05) is 12.6 Å². The van der Waals surface area contributed by atoms with E-state index in [2.05, 4.69) is 11.0 Å². The van der Waals surface area contributed by atoms with Crippen LogP contribution in [-0.4, -0.2) is 36.6 Å². The van der Waals surface area contributed by atoms with Crippen molar-refractivity contribution in [3.63, 3.8) is 0 Å². The maximum atomic E-state index is 12.5. The number of fused-ring (bicyclic) bond motifs is 4. The molecule has 128 valence electrons. The number of ether oxygens (including phenoxy) is 1. The van der Waals surface area contributed by atoms with Gasteiger partial charge in [-0.25, -0.2) is 0 Å². The Morgan fingerprint density at radius 1 is 1.17 bits per heavy atom. The zero-order valence-corrected chi connectivity index (χ0v) is 14.7. The fraction of sp³-hybridized carbons (Fsp3) is 0.588. The summed E-state index contributed by atoms with van der Waals surface area (Å²) in [7, 11) is 0. The number of esters is 1. The van der Waals surface area contributed by atoms with Crippen LogP contribution in [0.3, 0.4) is 0 Å². The van der Waals surface area contributed by atoms with Gasteiger partial charge in [0.05, 0.1) is 5.92 Å². The van der Waals surface area contributed by atoms with Crippen LogP contribution in [0.25, 0.3) is 0 Å². The van der Waals surface area contributed by atoms with Crippen LogP contribution in [0.5, 0.6) is 0 Å². The zero-order valence-electron chi connectivity index (χ0n) is 13.0. The number of rotatable bonds is 2. The van der Waals surface area contributed by atoms with Crippen molar-refractivity contribution in [1.82, 2.24) is 4.90 Å². The lowest BCUT2D eigenvalue weighted by Crippen LogP contribution is -2.52. The Hall–Kier alpha value is -0.810. The monoisotopic (exact) mass is 358 g/mol. The fourth-order valence-corrected chi connectivity index (χ4v) is 4.14. The molecule has 3 heterocycles. The summed E-state index contributed by atoms with van der Waals surface area (Å²) in [6, 6.07) is 7.87. The fourth-order valence-electron chi connectivity index (χ4n) is 4.14. The topological polar surface area (TPSA) is 55.6 Å². The summed E-state index contributed by atoms with van der Waals surface area (Å²) >= 11 is 0. The van der Waals surface area contributed by atoms with Crippen LogP contribution in [0.15, 0.2) is 24.3 Å². The molecule has 1 aromatic rings. The number of nitrogens with two attached hydrogens (primary N) is 1. The van der Waals surface area contributed by atoms with Crippen LogP contribution < -0.4 is 5.73 Å². The Balaban J connectivity index is 0.000000960. The standard InChI is InChI=1S/C17H22N2O2.2ClH/c18-16-13-4-2-1-3-12(13)9-14(16)17(20)21-15-10-19-7-5-11(15)6-8-19;;/h1-4,11,14-16H,5-10,18H2;2*1H/t14?,15?,16-;;/m0../s1. The third-order valence-corrected chi connectivity index (χ3v) is 5.45. The molecule has 0 spiro atoms. The summed E-state index contributed by atoms with van der Waals surface area (Å²) in [5, 5.41) is 0. The van der Waals surface area contributed by atoms with Gasteiger partial charge in [0.1, 0.15) is 6.10 Å². The molecule has 0 saturated carbocycles. The number of carbonyl (C=O) groups excluding carboxylic acids is 1. The van der Waals surface area contributed by atoms with Crippen molar-refractivity contribution in [2.24, 2.45) is 17.6 Å². The minimum Gasteiger partial charge on any atom is -0.460 e. The molecule has 1 aromatic carbocycles. The molecule has 3 saturated heterocycles. The molecule has 0 radical (unpaired) electrons. The molecule has 2 unspecified atom stereocenters. The van der Waals surface area contributed by atoms with Gasteiger partial charge in [0.2, 0.25) is 0 Å². The highest BCUT2D eigenvalue weighted by Gasteiger charge is 2.40. The second-order valence-corrected chi connectivity index (χ2v) is 6.65. The molecule has 5 rings (SSSR count). The smallest absolute Gasteiger partial charge is 0.311 e. The minimum absolute atomic E-state index is 0. The third kappa shape index (κ3) is 3.36. The molecular weight excluding hydrogens is 335 g/mol. The first-order chi connectivity index (χ1) is 10.2. The second-order valence-electron chi connectivity index (χ2n) is 6.65. The normalized spacial score (nSPS) is 34.0. The van der Waals surface area contributed by atoms with E-state index >= 15 is 0 Å². The maximum absolute atomic E-state index is 12.5. The third-order valence-electron chi connectivity index (χ3n) is 5.45. The number of benzene rings is 1. The van der Waals surface area contributed by atoms with Gasteiger partial charge in [-0.1, -0.05) is 24.3 Å². The lowest BCUT2D eigenvalue weighted by atomic mass is 9.85. The van der Waals surface area contributed by atoms with E-state index in [-0.39, 0.29) is 48.8 Å². The van der Waals surface area contributed by atoms with Crippen LogP contribution in [-0.2, 0) is 16.0 Å². The summed E-state index contributed by atoms with van der Waals surface area (Å²) in [6.45, 7) is 3.23. The Labute approximate surface area is 149 Å². The van der Waals surface area contributed by atoms with Gasteiger partial charge >= 0.3 is 5.97 Å². The van der Waals surface area contributed by atoms with Crippen LogP contribution in [0.2, 0.25) is 0 Å². The van der Waals surface area contributed by atoms with Crippen LogP contribution >= 0.6 is 24.8 Å². The molecule has 3 atom stereocenters. The van der Waals surface area contributed by atoms with Crippen molar-refractivity contribution >= 4 is 30.8 Å². The Morgan fingerprint density at radius 2 is 1.87 bits per heavy atom. The summed E-state index contributed by atoms with van der Waals surface area (Å²) in [5.74, 6) is 0.245. The summed E-state index contributed by atoms with van der Waals surface area (Å²) in [6.07, 6.45) is 3.12. The van der Waals surface area contributed by atoms with Gasteiger partial charge in [0.15, 0.2) is 0 Å². The molecule has 6 heteroatoms. The largest absolute Gasteiger partial charge is 0.460 e. The van der Waals surface area contributed by atoms with Crippen molar-refractivity contribution in [1.29, 1.82) is 0 Å². The first-order valence-corrected chi connectivity index (χ1v) is 7.98. The first kappa shape index (κ1) is 18.5. The molecule has 0 amide bonds. The number of hydrogen-bond acceptors (Lipinski definition) is 4.